The Balaban J connectivity index is 1.74. The molecule has 7 nitrogen and oxygen atoms in total. The number of aryl methyl sites for hydroxylation is 1. The summed E-state index contributed by atoms with van der Waals surface area (Å²) in [5.41, 5.74) is 4.30. The molecule has 4 rings (SSSR count). The molecule has 36 heavy (non-hydrogen) atoms. The minimum atomic E-state index is -4.88. The molecule has 0 aliphatic carbocycles. The van der Waals surface area contributed by atoms with Gasteiger partial charge in [-0.05, 0) is 45.0 Å². The zero-order chi connectivity index (χ0) is 26.2. The van der Waals surface area contributed by atoms with Crippen LogP contribution in [0.4, 0.5) is 29.1 Å². The summed E-state index contributed by atoms with van der Waals surface area (Å²) in [5.74, 6) is 0.831. The lowest BCUT2D eigenvalue weighted by molar-refractivity contribution is -0.140. The number of alkyl halides is 3. The fraction of sp³-hybridized carbons (Fsp3) is 0.360. The number of nitrogens with two attached hydrogens (primary N) is 1. The van der Waals surface area contributed by atoms with Crippen LogP contribution in [-0.4, -0.2) is 29.8 Å². The van der Waals surface area contributed by atoms with Crippen molar-refractivity contribution in [3.05, 3.63) is 58.9 Å². The van der Waals surface area contributed by atoms with Gasteiger partial charge in [0.1, 0.15) is 23.2 Å². The van der Waals surface area contributed by atoms with Crippen LogP contribution in [0.5, 0.6) is 11.5 Å². The van der Waals surface area contributed by atoms with Crippen molar-refractivity contribution in [1.82, 2.24) is 9.97 Å². The normalized spacial score (nSPS) is 15.3. The Bertz CT molecular complexity index is 1330. The number of anilines is 2. The third kappa shape index (κ3) is 5.09. The van der Waals surface area contributed by atoms with E-state index in [9.17, 15) is 17.6 Å². The second-order valence-electron chi connectivity index (χ2n) is 8.48. The highest BCUT2D eigenvalue weighted by atomic mass is 19.4. The quantitative estimate of drug-likeness (QED) is 0.303. The number of halogens is 4. The number of fused-ring (bicyclic) bond motifs is 1. The molecule has 1 aromatic heterocycles. The van der Waals surface area contributed by atoms with Gasteiger partial charge in [-0.25, -0.2) is 14.4 Å². The molecule has 3 N–H and O–H groups in total. The summed E-state index contributed by atoms with van der Waals surface area (Å²) in [6, 6.07) is 4.19. The average Bonchev–Trinajstić information content (AvgIpc) is 3.34. The second-order valence-corrected chi connectivity index (χ2v) is 8.48. The van der Waals surface area contributed by atoms with E-state index in [1.807, 2.05) is 13.0 Å². The molecule has 192 valence electrons. The minimum Gasteiger partial charge on any atom is -0.494 e. The third-order valence-corrected chi connectivity index (χ3v) is 5.78. The molecule has 0 amide bonds. The van der Waals surface area contributed by atoms with E-state index >= 15 is 0 Å². The van der Waals surface area contributed by atoms with Crippen molar-refractivity contribution in [3.63, 3.8) is 0 Å². The Kier molecular flexibility index (Phi) is 6.83. The van der Waals surface area contributed by atoms with Crippen molar-refractivity contribution in [3.8, 4) is 11.5 Å². The Morgan fingerprint density at radius 1 is 1.11 bits per heavy atom. The lowest BCUT2D eigenvalue weighted by Crippen LogP contribution is -2.17. The number of hydrogen-bond acceptors (Lipinski definition) is 7. The molecule has 0 bridgehead atoms. The maximum absolute atomic E-state index is 14.8. The lowest BCUT2D eigenvalue weighted by atomic mass is 10.0. The predicted molar refractivity (Wildman–Crippen MR) is 127 cm³/mol. The number of nitrogens with one attached hydrogen (secondary N) is 1. The summed E-state index contributed by atoms with van der Waals surface area (Å²) < 4.78 is 71.9. The summed E-state index contributed by atoms with van der Waals surface area (Å²) in [6.07, 6.45) is -2.52. The Labute approximate surface area is 205 Å². The summed E-state index contributed by atoms with van der Waals surface area (Å²) in [4.78, 5) is 8.85. The molecule has 1 aliphatic heterocycles. The molecule has 2 aromatic carbocycles. The molecule has 0 fully saturated rings. The van der Waals surface area contributed by atoms with Gasteiger partial charge in [0.25, 0.3) is 0 Å². The molecule has 0 spiro atoms. The standard InChI is InChI=1S/C25H26F4N4O3/c1-12(16-8-15(30)9-18(23(16)26)25(27,28)29)31-24-17-10-22(36-13(2)20-6-5-7-35-20)21(34-4)11-19(17)32-14(3)33-24/h6,8-13H,5,7,30H2,1-4H3,(H,31,32,33)/t12-,13?/m1/s1. The summed E-state index contributed by atoms with van der Waals surface area (Å²) in [6.45, 7) is 5.62. The fourth-order valence-electron chi connectivity index (χ4n) is 4.06. The number of methoxy groups -OCH3 is 1. The topological polar surface area (TPSA) is 91.5 Å². The van der Waals surface area contributed by atoms with Crippen LogP contribution in [0, 0.1) is 12.7 Å². The maximum Gasteiger partial charge on any atom is 0.419 e. The molecule has 0 saturated heterocycles. The Morgan fingerprint density at radius 3 is 2.50 bits per heavy atom. The Hall–Kier alpha value is -3.76. The molecular weight excluding hydrogens is 480 g/mol. The Morgan fingerprint density at radius 2 is 1.86 bits per heavy atom. The van der Waals surface area contributed by atoms with E-state index in [4.69, 9.17) is 19.9 Å². The van der Waals surface area contributed by atoms with Gasteiger partial charge in [-0.15, -0.1) is 0 Å². The summed E-state index contributed by atoms with van der Waals surface area (Å²) >= 11 is 0. The van der Waals surface area contributed by atoms with Gasteiger partial charge < -0.3 is 25.3 Å². The van der Waals surface area contributed by atoms with Crippen LogP contribution in [0.25, 0.3) is 10.9 Å². The minimum absolute atomic E-state index is 0.200. The predicted octanol–water partition coefficient (Wildman–Crippen LogP) is 5.93. The van der Waals surface area contributed by atoms with E-state index < -0.39 is 23.6 Å². The molecular formula is C25H26F4N4O3. The van der Waals surface area contributed by atoms with E-state index in [2.05, 4.69) is 15.3 Å². The van der Waals surface area contributed by atoms with Crippen LogP contribution in [0.3, 0.4) is 0 Å². The van der Waals surface area contributed by atoms with Gasteiger partial charge in [0.05, 0.1) is 30.8 Å². The van der Waals surface area contributed by atoms with Crippen molar-refractivity contribution in [1.29, 1.82) is 0 Å². The SMILES string of the molecule is COc1cc2nc(C)nc(N[C@H](C)c3cc(N)cc(C(F)(F)F)c3F)c2cc1OC(C)C1=CCCO1. The van der Waals surface area contributed by atoms with Gasteiger partial charge in [0.15, 0.2) is 17.6 Å². The zero-order valence-electron chi connectivity index (χ0n) is 20.2. The average molecular weight is 507 g/mol. The van der Waals surface area contributed by atoms with Gasteiger partial charge in [0, 0.05) is 29.1 Å². The molecule has 11 heteroatoms. The van der Waals surface area contributed by atoms with Crippen molar-refractivity contribution < 1.29 is 31.8 Å². The van der Waals surface area contributed by atoms with Crippen molar-refractivity contribution in [2.24, 2.45) is 0 Å². The first-order chi connectivity index (χ1) is 17.0. The summed E-state index contributed by atoms with van der Waals surface area (Å²) in [7, 11) is 1.50. The molecule has 3 aromatic rings. The van der Waals surface area contributed by atoms with E-state index in [1.165, 1.54) is 20.1 Å². The molecule has 0 radical (unpaired) electrons. The van der Waals surface area contributed by atoms with Crippen molar-refractivity contribution >= 4 is 22.4 Å². The highest BCUT2D eigenvalue weighted by molar-refractivity contribution is 5.92. The number of nitrogens with zero attached hydrogens (tertiary/aromatic N) is 2. The van der Waals surface area contributed by atoms with Crippen LogP contribution in [-0.2, 0) is 10.9 Å². The highest BCUT2D eigenvalue weighted by Gasteiger charge is 2.36. The molecule has 1 unspecified atom stereocenters. The number of hydrogen-bond donors (Lipinski definition) is 2. The van der Waals surface area contributed by atoms with Crippen molar-refractivity contribution in [2.45, 2.75) is 45.5 Å². The van der Waals surface area contributed by atoms with E-state index in [-0.39, 0.29) is 23.2 Å². The lowest BCUT2D eigenvalue weighted by Gasteiger charge is -2.21. The smallest absolute Gasteiger partial charge is 0.419 e. The van der Waals surface area contributed by atoms with Crippen LogP contribution < -0.4 is 20.5 Å². The van der Waals surface area contributed by atoms with E-state index in [0.29, 0.717) is 46.7 Å². The van der Waals surface area contributed by atoms with Gasteiger partial charge >= 0.3 is 6.18 Å². The van der Waals surface area contributed by atoms with Crippen molar-refractivity contribution in [2.75, 3.05) is 24.8 Å². The van der Waals surface area contributed by atoms with Crippen LogP contribution >= 0.6 is 0 Å². The zero-order valence-corrected chi connectivity index (χ0v) is 20.2. The largest absolute Gasteiger partial charge is 0.494 e. The maximum atomic E-state index is 14.8. The number of aromatic nitrogens is 2. The monoisotopic (exact) mass is 506 g/mol. The highest BCUT2D eigenvalue weighted by Crippen LogP contribution is 2.39. The van der Waals surface area contributed by atoms with Crippen LogP contribution in [0.1, 0.15) is 43.3 Å². The number of rotatable bonds is 7. The molecule has 1 aliphatic rings. The fourth-order valence-corrected chi connectivity index (χ4v) is 4.06. The van der Waals surface area contributed by atoms with E-state index in [0.717, 1.165) is 6.42 Å². The van der Waals surface area contributed by atoms with Gasteiger partial charge in [-0.3, -0.25) is 0 Å². The first-order valence-corrected chi connectivity index (χ1v) is 11.3. The number of nitrogen functional groups attached to an aromatic ring is 1. The van der Waals surface area contributed by atoms with Gasteiger partial charge in [-0.1, -0.05) is 0 Å². The molecule has 2 heterocycles. The van der Waals surface area contributed by atoms with Crippen LogP contribution in [0.2, 0.25) is 0 Å². The van der Waals surface area contributed by atoms with Crippen LogP contribution in [0.15, 0.2) is 36.1 Å². The van der Waals surface area contributed by atoms with Gasteiger partial charge in [0.2, 0.25) is 0 Å². The number of benzene rings is 2. The first kappa shape index (κ1) is 25.3. The molecule has 2 atom stereocenters. The van der Waals surface area contributed by atoms with Gasteiger partial charge in [-0.2, -0.15) is 13.2 Å². The number of ether oxygens (including phenoxy) is 3. The molecule has 0 saturated carbocycles. The second kappa shape index (κ2) is 9.71. The summed E-state index contributed by atoms with van der Waals surface area (Å²) in [5, 5.41) is 3.53. The first-order valence-electron chi connectivity index (χ1n) is 11.3. The van der Waals surface area contributed by atoms with E-state index in [1.54, 1.807) is 19.1 Å². The third-order valence-electron chi connectivity index (χ3n) is 5.78.